The smallest absolute Gasteiger partial charge is 0.306 e. The Balaban J connectivity index is 4.01. The van der Waals surface area contributed by atoms with Crippen LogP contribution in [-0.4, -0.2) is 37.2 Å². The van der Waals surface area contributed by atoms with Crippen molar-refractivity contribution in [1.82, 2.24) is 0 Å². The number of rotatable bonds is 62. The summed E-state index contributed by atoms with van der Waals surface area (Å²) in [5, 5.41) is 0. The lowest BCUT2D eigenvalue weighted by Gasteiger charge is -2.18. The molecule has 0 heterocycles. The Hall–Kier alpha value is -2.37. The summed E-state index contributed by atoms with van der Waals surface area (Å²) >= 11 is 0. The highest BCUT2D eigenvalue weighted by molar-refractivity contribution is 5.71. The number of esters is 3. The van der Waals surface area contributed by atoms with Gasteiger partial charge in [-0.15, -0.1) is 0 Å². The molecule has 0 aliphatic rings. The third-order valence-electron chi connectivity index (χ3n) is 15.1. The van der Waals surface area contributed by atoms with Crippen molar-refractivity contribution in [2.24, 2.45) is 0 Å². The number of allylic oxidation sites excluding steroid dienone is 6. The Labute approximate surface area is 467 Å². The molecule has 0 aromatic carbocycles. The number of hydrogen-bond donors (Lipinski definition) is 0. The Morgan fingerprint density at radius 3 is 0.800 bits per heavy atom. The molecule has 1 unspecified atom stereocenters. The van der Waals surface area contributed by atoms with Crippen LogP contribution in [0.25, 0.3) is 0 Å². The fourth-order valence-electron chi connectivity index (χ4n) is 10.1. The van der Waals surface area contributed by atoms with E-state index in [0.29, 0.717) is 19.3 Å². The number of carbonyl (C=O) groups is 3. The van der Waals surface area contributed by atoms with Crippen LogP contribution in [0, 0.1) is 0 Å². The van der Waals surface area contributed by atoms with E-state index < -0.39 is 6.10 Å². The van der Waals surface area contributed by atoms with Gasteiger partial charge in [0.05, 0.1) is 0 Å². The lowest BCUT2D eigenvalue weighted by Crippen LogP contribution is -2.30. The van der Waals surface area contributed by atoms with E-state index in [-0.39, 0.29) is 31.1 Å². The number of ether oxygens (including phenoxy) is 3. The second kappa shape index (κ2) is 64.2. The SMILES string of the molecule is CCC/C=C\C/C=C\CCCCCCCC(=O)OC(COC(=O)CCCCCCCCCCCCC)COC(=O)CCCCCCCCCCCCCCCCCCCCCCC/C=C\CCCCCCCCCC. The molecule has 0 aromatic rings. The van der Waals surface area contributed by atoms with Gasteiger partial charge in [-0.25, -0.2) is 0 Å². The Morgan fingerprint density at radius 2 is 0.507 bits per heavy atom. The van der Waals surface area contributed by atoms with Crippen LogP contribution in [0.1, 0.15) is 367 Å². The zero-order valence-electron chi connectivity index (χ0n) is 50.6. The van der Waals surface area contributed by atoms with Crippen LogP contribution in [0.15, 0.2) is 36.5 Å². The van der Waals surface area contributed by atoms with E-state index in [9.17, 15) is 14.4 Å². The molecule has 1 atom stereocenters. The second-order valence-electron chi connectivity index (χ2n) is 22.7. The van der Waals surface area contributed by atoms with Gasteiger partial charge >= 0.3 is 17.9 Å². The molecular formula is C69H128O6. The molecule has 0 aliphatic heterocycles. The summed E-state index contributed by atoms with van der Waals surface area (Å²) in [6.07, 6.45) is 79.1. The summed E-state index contributed by atoms with van der Waals surface area (Å²) in [6, 6.07) is 0. The molecule has 0 aromatic heterocycles. The minimum atomic E-state index is -0.775. The maximum absolute atomic E-state index is 12.8. The molecule has 75 heavy (non-hydrogen) atoms. The van der Waals surface area contributed by atoms with Gasteiger partial charge < -0.3 is 14.2 Å². The van der Waals surface area contributed by atoms with E-state index in [1.807, 2.05) is 0 Å². The quantitative estimate of drug-likeness (QED) is 0.0261. The first-order chi connectivity index (χ1) is 37.0. The van der Waals surface area contributed by atoms with Gasteiger partial charge in [-0.1, -0.05) is 314 Å². The molecule has 0 rings (SSSR count). The monoisotopic (exact) mass is 1050 g/mol. The highest BCUT2D eigenvalue weighted by Gasteiger charge is 2.19. The molecule has 0 fully saturated rings. The predicted molar refractivity (Wildman–Crippen MR) is 326 cm³/mol. The van der Waals surface area contributed by atoms with Gasteiger partial charge in [0.1, 0.15) is 13.2 Å². The number of unbranched alkanes of at least 4 members (excludes halogenated alkanes) is 45. The fraction of sp³-hybridized carbons (Fsp3) is 0.870. The van der Waals surface area contributed by atoms with Crippen molar-refractivity contribution in [2.45, 2.75) is 374 Å². The molecule has 440 valence electrons. The van der Waals surface area contributed by atoms with Crippen LogP contribution in [0.5, 0.6) is 0 Å². The molecular weight excluding hydrogens is 925 g/mol. The van der Waals surface area contributed by atoms with E-state index in [1.54, 1.807) is 0 Å². The number of carbonyl (C=O) groups excluding carboxylic acids is 3. The van der Waals surface area contributed by atoms with Crippen LogP contribution >= 0.6 is 0 Å². The molecule has 0 radical (unpaired) electrons. The zero-order chi connectivity index (χ0) is 54.3. The van der Waals surface area contributed by atoms with Crippen molar-refractivity contribution >= 4 is 17.9 Å². The van der Waals surface area contributed by atoms with Crippen LogP contribution in [-0.2, 0) is 28.6 Å². The predicted octanol–water partition coefficient (Wildman–Crippen LogP) is 22.8. The van der Waals surface area contributed by atoms with Gasteiger partial charge in [-0.05, 0) is 70.6 Å². The van der Waals surface area contributed by atoms with E-state index in [4.69, 9.17) is 14.2 Å². The van der Waals surface area contributed by atoms with Crippen molar-refractivity contribution in [2.75, 3.05) is 13.2 Å². The summed E-state index contributed by atoms with van der Waals surface area (Å²) < 4.78 is 16.9. The largest absolute Gasteiger partial charge is 0.462 e. The molecule has 0 N–H and O–H groups in total. The minimum absolute atomic E-state index is 0.0729. The maximum atomic E-state index is 12.8. The summed E-state index contributed by atoms with van der Waals surface area (Å²) in [5.41, 5.74) is 0. The maximum Gasteiger partial charge on any atom is 0.306 e. The summed E-state index contributed by atoms with van der Waals surface area (Å²) in [7, 11) is 0. The average Bonchev–Trinajstić information content (AvgIpc) is 3.41. The Bertz CT molecular complexity index is 1250. The third-order valence-corrected chi connectivity index (χ3v) is 15.1. The van der Waals surface area contributed by atoms with Crippen molar-refractivity contribution in [3.8, 4) is 0 Å². The molecule has 0 saturated carbocycles. The fourth-order valence-corrected chi connectivity index (χ4v) is 10.1. The first-order valence-corrected chi connectivity index (χ1v) is 33.5. The van der Waals surface area contributed by atoms with E-state index in [1.165, 1.54) is 238 Å². The minimum Gasteiger partial charge on any atom is -0.462 e. The molecule has 0 bridgehead atoms. The highest BCUT2D eigenvalue weighted by Crippen LogP contribution is 2.18. The normalized spacial score (nSPS) is 12.2. The molecule has 0 saturated heterocycles. The molecule has 6 nitrogen and oxygen atoms in total. The van der Waals surface area contributed by atoms with Crippen LogP contribution in [0.3, 0.4) is 0 Å². The third kappa shape index (κ3) is 62.4. The van der Waals surface area contributed by atoms with Crippen LogP contribution < -0.4 is 0 Å². The van der Waals surface area contributed by atoms with Crippen molar-refractivity contribution in [3.63, 3.8) is 0 Å². The molecule has 6 heteroatoms. The van der Waals surface area contributed by atoms with E-state index >= 15 is 0 Å². The topological polar surface area (TPSA) is 78.9 Å². The summed E-state index contributed by atoms with van der Waals surface area (Å²) in [6.45, 7) is 6.61. The standard InChI is InChI=1S/C69H128O6/c1-4-7-10-13-16-19-22-24-25-26-27-28-29-30-31-32-33-34-35-36-37-38-39-40-41-42-43-45-47-50-53-56-59-62-68(71)74-65-66(64-73-67(70)61-58-55-52-49-46-21-18-15-12-9-6-3)75-69(72)63-60-57-54-51-48-44-23-20-17-14-11-8-5-2/h11,14,20,23,26-27,66H,4-10,12-13,15-19,21-22,24-25,28-65H2,1-3H3/b14-11-,23-20-,27-26-. The van der Waals surface area contributed by atoms with E-state index in [2.05, 4.69) is 57.2 Å². The van der Waals surface area contributed by atoms with Crippen molar-refractivity contribution in [3.05, 3.63) is 36.5 Å². The average molecular weight is 1050 g/mol. The van der Waals surface area contributed by atoms with Crippen LogP contribution in [0.4, 0.5) is 0 Å². The van der Waals surface area contributed by atoms with Gasteiger partial charge in [0.15, 0.2) is 6.10 Å². The molecule has 0 aliphatic carbocycles. The first kappa shape index (κ1) is 72.6. The van der Waals surface area contributed by atoms with Gasteiger partial charge in [-0.2, -0.15) is 0 Å². The first-order valence-electron chi connectivity index (χ1n) is 33.5. The number of hydrogen-bond acceptors (Lipinski definition) is 6. The van der Waals surface area contributed by atoms with Gasteiger partial charge in [0, 0.05) is 19.3 Å². The summed E-state index contributed by atoms with van der Waals surface area (Å²) in [5.74, 6) is -0.867. The Kier molecular flexibility index (Phi) is 62.1. The Morgan fingerprint density at radius 1 is 0.267 bits per heavy atom. The van der Waals surface area contributed by atoms with E-state index in [0.717, 1.165) is 89.9 Å². The van der Waals surface area contributed by atoms with Gasteiger partial charge in [0.25, 0.3) is 0 Å². The lowest BCUT2D eigenvalue weighted by molar-refractivity contribution is -0.167. The van der Waals surface area contributed by atoms with Gasteiger partial charge in [-0.3, -0.25) is 14.4 Å². The van der Waals surface area contributed by atoms with Crippen molar-refractivity contribution < 1.29 is 28.6 Å². The highest BCUT2D eigenvalue weighted by atomic mass is 16.6. The molecule has 0 amide bonds. The lowest BCUT2D eigenvalue weighted by atomic mass is 10.0. The van der Waals surface area contributed by atoms with Crippen molar-refractivity contribution in [1.29, 1.82) is 0 Å². The van der Waals surface area contributed by atoms with Gasteiger partial charge in [0.2, 0.25) is 0 Å². The summed E-state index contributed by atoms with van der Waals surface area (Å²) in [4.78, 5) is 38.2. The second-order valence-corrected chi connectivity index (χ2v) is 22.7. The van der Waals surface area contributed by atoms with Crippen LogP contribution in [0.2, 0.25) is 0 Å². The zero-order valence-corrected chi connectivity index (χ0v) is 50.6. The molecule has 0 spiro atoms.